The van der Waals surface area contributed by atoms with Gasteiger partial charge in [-0.1, -0.05) is 0 Å². The average molecular weight is 237 g/mol. The van der Waals surface area contributed by atoms with Crippen molar-refractivity contribution in [3.05, 3.63) is 0 Å². The molecule has 69 valence electrons. The molecule has 0 rings (SSSR count). The van der Waals surface area contributed by atoms with Gasteiger partial charge in [-0.25, -0.2) is 0 Å². The third kappa shape index (κ3) is 6.40. The molecule has 3 N–H and O–H groups in total. The van der Waals surface area contributed by atoms with Gasteiger partial charge in [0.25, 0.3) is 0 Å². The van der Waals surface area contributed by atoms with Gasteiger partial charge < -0.3 is 0 Å². The molecule has 5 nitrogen and oxygen atoms in total. The monoisotopic (exact) mass is 235 g/mol. The van der Waals surface area contributed by atoms with Gasteiger partial charge in [0, 0.05) is 0 Å². The van der Waals surface area contributed by atoms with Crippen LogP contribution in [0.4, 0.5) is 0 Å². The van der Waals surface area contributed by atoms with E-state index in [0.717, 1.165) is 0 Å². The maximum absolute atomic E-state index is 11.0. The summed E-state index contributed by atoms with van der Waals surface area (Å²) in [6.45, 7) is 1.33. The maximum atomic E-state index is 11.0. The molecule has 0 spiro atoms. The number of amides is 2. The van der Waals surface area contributed by atoms with Crippen LogP contribution in [0.15, 0.2) is 0 Å². The Morgan fingerprint density at radius 3 is 2.31 bits per heavy atom. The molecule has 1 atom stereocenters. The van der Waals surface area contributed by atoms with Crippen molar-refractivity contribution in [1.29, 1.82) is 0 Å². The Balaban J connectivity index is 4.02. The van der Waals surface area contributed by atoms with Crippen molar-refractivity contribution in [2.75, 3.05) is 0 Å². The number of nitrogens with two attached hydrogens (primary N) is 1. The third-order valence-electron chi connectivity index (χ3n) is 1.45. The van der Waals surface area contributed by atoms with Crippen LogP contribution in [0.1, 0.15) is 19.8 Å². The van der Waals surface area contributed by atoms with Gasteiger partial charge in [-0.15, -0.1) is 0 Å². The van der Waals surface area contributed by atoms with Crippen LogP contribution in [0.25, 0.3) is 0 Å². The Kier molecular flexibility index (Phi) is 5.46. The van der Waals surface area contributed by atoms with Crippen molar-refractivity contribution in [3.63, 3.8) is 0 Å². The van der Waals surface area contributed by atoms with E-state index in [9.17, 15) is 14.4 Å². The summed E-state index contributed by atoms with van der Waals surface area (Å²) < 4.78 is -0.0450. The Labute approximate surface area is 86.1 Å². The molecule has 13 heavy (non-hydrogen) atoms. The zero-order chi connectivity index (χ0) is 10.4. The molecule has 0 radical (unpaired) electrons. The van der Waals surface area contributed by atoms with E-state index in [-0.39, 0.29) is 16.7 Å². The molecular formula is C7H11N2O3Zn. The van der Waals surface area contributed by atoms with E-state index in [0.29, 0.717) is 24.7 Å². The van der Waals surface area contributed by atoms with Crippen LogP contribution >= 0.6 is 0 Å². The summed E-state index contributed by atoms with van der Waals surface area (Å²) in [7, 11) is 0. The first-order valence-electron chi connectivity index (χ1n) is 3.84. The zero-order valence-corrected chi connectivity index (χ0v) is 10.5. The second-order valence-electron chi connectivity index (χ2n) is 2.72. The second-order valence-corrected chi connectivity index (χ2v) is 4.19. The number of nitrogens with one attached hydrogen (secondary N) is 1. The van der Waals surface area contributed by atoms with Gasteiger partial charge in [0.2, 0.25) is 0 Å². The average Bonchev–Trinajstić information content (AvgIpc) is 1.96. The van der Waals surface area contributed by atoms with Crippen LogP contribution in [-0.2, 0) is 32.7 Å². The molecular weight excluding hydrogens is 225 g/mol. The first kappa shape index (κ1) is 12.2. The summed E-state index contributed by atoms with van der Waals surface area (Å²) in [5.74, 6) is -0.729. The first-order chi connectivity index (χ1) is 5.93. The predicted octanol–water partition coefficient (Wildman–Crippen LogP) is -1.17. The first-order valence-corrected chi connectivity index (χ1v) is 5.33. The van der Waals surface area contributed by atoms with Crippen LogP contribution < -0.4 is 11.1 Å². The van der Waals surface area contributed by atoms with E-state index in [1.54, 1.807) is 0 Å². The molecule has 0 aliphatic rings. The molecule has 0 heterocycles. The summed E-state index contributed by atoms with van der Waals surface area (Å²) in [5.41, 5.74) is 4.92. The van der Waals surface area contributed by atoms with Crippen molar-refractivity contribution < 1.29 is 32.7 Å². The second kappa shape index (κ2) is 5.81. The minimum absolute atomic E-state index is 0.0450. The van der Waals surface area contributed by atoms with Gasteiger partial charge in [0.05, 0.1) is 0 Å². The molecule has 0 aliphatic heterocycles. The molecule has 0 fully saturated rings. The number of primary amides is 1. The van der Waals surface area contributed by atoms with E-state index in [1.165, 1.54) is 6.92 Å². The van der Waals surface area contributed by atoms with Crippen LogP contribution in [0.3, 0.4) is 0 Å². The molecule has 0 bridgehead atoms. The van der Waals surface area contributed by atoms with Crippen LogP contribution in [0, 0.1) is 0 Å². The molecule has 1 unspecified atom stereocenters. The van der Waals surface area contributed by atoms with E-state index in [2.05, 4.69) is 5.32 Å². The number of rotatable bonds is 5. The zero-order valence-electron chi connectivity index (χ0n) is 7.50. The van der Waals surface area contributed by atoms with Crippen molar-refractivity contribution in [2.45, 2.75) is 25.8 Å². The molecule has 2 amide bonds. The number of carbonyl (C=O) groups is 3. The van der Waals surface area contributed by atoms with Crippen molar-refractivity contribution in [1.82, 2.24) is 5.32 Å². The molecule has 6 heteroatoms. The summed E-state index contributed by atoms with van der Waals surface area (Å²) in [6.07, 6.45) is 0.421. The molecule has 0 aromatic carbocycles. The van der Waals surface area contributed by atoms with E-state index in [1.807, 2.05) is 0 Å². The molecule has 0 aromatic heterocycles. The van der Waals surface area contributed by atoms with Gasteiger partial charge in [0.1, 0.15) is 0 Å². The van der Waals surface area contributed by atoms with Crippen LogP contribution in [0.5, 0.6) is 0 Å². The van der Waals surface area contributed by atoms with Crippen LogP contribution in [-0.4, -0.2) is 22.2 Å². The van der Waals surface area contributed by atoms with Gasteiger partial charge >= 0.3 is 85.7 Å². The van der Waals surface area contributed by atoms with Gasteiger partial charge in [-0.3, -0.25) is 0 Å². The molecule has 0 aromatic rings. The fourth-order valence-electron chi connectivity index (χ4n) is 0.846. The quantitative estimate of drug-likeness (QED) is 0.590. The number of carbonyl (C=O) groups excluding carboxylic acids is 3. The van der Waals surface area contributed by atoms with Crippen molar-refractivity contribution >= 4 is 16.2 Å². The molecule has 0 saturated carbocycles. The number of hydrogen-bond donors (Lipinski definition) is 2. The summed E-state index contributed by atoms with van der Waals surface area (Å²) in [4.78, 5) is 32.0. The van der Waals surface area contributed by atoms with Crippen LogP contribution in [0.2, 0.25) is 0 Å². The van der Waals surface area contributed by atoms with Gasteiger partial charge in [-0.05, 0) is 0 Å². The summed E-state index contributed by atoms with van der Waals surface area (Å²) in [5, 5.41) is 2.47. The van der Waals surface area contributed by atoms with Gasteiger partial charge in [-0.2, -0.15) is 0 Å². The van der Waals surface area contributed by atoms with E-state index in [4.69, 9.17) is 5.73 Å². The Morgan fingerprint density at radius 1 is 1.46 bits per heavy atom. The van der Waals surface area contributed by atoms with E-state index >= 15 is 0 Å². The summed E-state index contributed by atoms with van der Waals surface area (Å²) >= 11 is 0.462. The molecule has 0 aliphatic carbocycles. The fraction of sp³-hybridized carbons (Fsp3) is 0.571. The number of hydrogen-bond acceptors (Lipinski definition) is 3. The Bertz CT molecular complexity index is 230. The van der Waals surface area contributed by atoms with Crippen molar-refractivity contribution in [2.24, 2.45) is 5.73 Å². The minimum atomic E-state index is -0.537. The Hall–Kier alpha value is -0.767. The Morgan fingerprint density at radius 2 is 2.00 bits per heavy atom. The topological polar surface area (TPSA) is 89.3 Å². The van der Waals surface area contributed by atoms with Crippen molar-refractivity contribution in [3.8, 4) is 0 Å². The molecule has 0 saturated heterocycles. The fourth-order valence-corrected chi connectivity index (χ4v) is 1.49. The SMILES string of the molecule is CC(=O)NC(CCC(N)=O)[C](=O)[Zn]. The predicted molar refractivity (Wildman–Crippen MR) is 41.0 cm³/mol. The normalized spacial score (nSPS) is 11.9. The summed E-state index contributed by atoms with van der Waals surface area (Å²) in [6, 6.07) is -0.537. The van der Waals surface area contributed by atoms with E-state index < -0.39 is 11.9 Å². The standard InChI is InChI=1S/C7H11N2O3.Zn/c1-5(11)9-6(4-10)2-3-7(8)12;/h6H,2-3H2,1H3,(H2,8,12)(H,9,11);. The van der Waals surface area contributed by atoms with Gasteiger partial charge in [0.15, 0.2) is 0 Å². The third-order valence-corrected chi connectivity index (χ3v) is 2.48.